The van der Waals surface area contributed by atoms with Crippen molar-refractivity contribution >= 4 is 28.8 Å². The topological polar surface area (TPSA) is 94.7 Å². The van der Waals surface area contributed by atoms with Crippen LogP contribution in [0.4, 0.5) is 4.79 Å². The van der Waals surface area contributed by atoms with Gasteiger partial charge in [-0.1, -0.05) is 18.2 Å². The van der Waals surface area contributed by atoms with Gasteiger partial charge in [-0.15, -0.1) is 6.58 Å². The van der Waals surface area contributed by atoms with E-state index in [9.17, 15) is 14.4 Å². The predicted molar refractivity (Wildman–Crippen MR) is 130 cm³/mol. The summed E-state index contributed by atoms with van der Waals surface area (Å²) in [7, 11) is 0. The Hall–Kier alpha value is -3.13. The monoisotopic (exact) mass is 466 g/mol. The fraction of sp³-hybridized carbons (Fsp3) is 0.500. The molecule has 2 heterocycles. The van der Waals surface area contributed by atoms with Gasteiger partial charge in [0.2, 0.25) is 5.91 Å². The number of nitrogens with zero attached hydrogens (tertiary/aromatic N) is 2. The molecule has 1 aromatic heterocycles. The van der Waals surface area contributed by atoms with Gasteiger partial charge in [0.1, 0.15) is 0 Å². The largest absolute Gasteiger partial charge is 0.466 e. The molecule has 1 fully saturated rings. The van der Waals surface area contributed by atoms with Crippen molar-refractivity contribution in [2.75, 3.05) is 32.8 Å². The maximum absolute atomic E-state index is 13.7. The lowest BCUT2D eigenvalue weighted by molar-refractivity contribution is -0.141. The third-order valence-corrected chi connectivity index (χ3v) is 6.96. The maximum Gasteiger partial charge on any atom is 0.324 e. The summed E-state index contributed by atoms with van der Waals surface area (Å²) in [4.78, 5) is 44.6. The molecule has 3 amide bonds. The zero-order valence-electron chi connectivity index (χ0n) is 20.0. The number of imide groups is 1. The molecule has 2 aromatic rings. The van der Waals surface area contributed by atoms with Crippen molar-refractivity contribution in [1.29, 1.82) is 0 Å². The number of likely N-dealkylation sites (tertiary alicyclic amines) is 1. The number of fused-ring (bicyclic) bond motifs is 2. The number of aromatic amines is 1. The van der Waals surface area contributed by atoms with Gasteiger partial charge in [-0.05, 0) is 43.4 Å². The first kappa shape index (κ1) is 24.0. The molecule has 182 valence electrons. The first-order valence-electron chi connectivity index (χ1n) is 12.1. The fourth-order valence-corrected chi connectivity index (χ4v) is 5.57. The second kappa shape index (κ2) is 10.4. The Morgan fingerprint density at radius 2 is 2.18 bits per heavy atom. The number of benzene rings is 1. The molecule has 1 aliphatic carbocycles. The molecule has 4 rings (SSSR count). The highest BCUT2D eigenvalue weighted by Gasteiger charge is 2.43. The fourth-order valence-electron chi connectivity index (χ4n) is 5.57. The van der Waals surface area contributed by atoms with Crippen LogP contribution >= 0.6 is 0 Å². The smallest absolute Gasteiger partial charge is 0.324 e. The highest BCUT2D eigenvalue weighted by molar-refractivity contribution is 5.96. The predicted octanol–water partition coefficient (Wildman–Crippen LogP) is 3.20. The van der Waals surface area contributed by atoms with Crippen LogP contribution in [-0.4, -0.2) is 71.5 Å². The van der Waals surface area contributed by atoms with Gasteiger partial charge in [0, 0.05) is 62.2 Å². The number of urea groups is 1. The molecule has 0 unspecified atom stereocenters. The number of aromatic nitrogens is 1. The zero-order chi connectivity index (χ0) is 24.2. The summed E-state index contributed by atoms with van der Waals surface area (Å²) >= 11 is 0. The van der Waals surface area contributed by atoms with Crippen LogP contribution < -0.4 is 5.32 Å². The Balaban J connectivity index is 1.59. The van der Waals surface area contributed by atoms with Crippen molar-refractivity contribution in [2.24, 2.45) is 5.92 Å². The molecule has 3 atom stereocenters. The van der Waals surface area contributed by atoms with Crippen LogP contribution in [-0.2, 0) is 20.7 Å². The van der Waals surface area contributed by atoms with Crippen molar-refractivity contribution in [3.8, 4) is 0 Å². The van der Waals surface area contributed by atoms with Gasteiger partial charge in [0.05, 0.1) is 12.5 Å². The summed E-state index contributed by atoms with van der Waals surface area (Å²) in [6.45, 7) is 9.20. The van der Waals surface area contributed by atoms with Gasteiger partial charge in [0.15, 0.2) is 0 Å². The summed E-state index contributed by atoms with van der Waals surface area (Å²) in [5.74, 6) is -0.654. The van der Waals surface area contributed by atoms with E-state index in [0.717, 1.165) is 11.9 Å². The molecule has 0 bridgehead atoms. The minimum atomic E-state index is -0.397. The molecule has 0 saturated carbocycles. The van der Waals surface area contributed by atoms with E-state index in [1.54, 1.807) is 0 Å². The Morgan fingerprint density at radius 1 is 1.35 bits per heavy atom. The second-order valence-electron chi connectivity index (χ2n) is 9.16. The van der Waals surface area contributed by atoms with E-state index in [-0.39, 0.29) is 42.9 Å². The Labute approximate surface area is 200 Å². The van der Waals surface area contributed by atoms with Gasteiger partial charge in [-0.2, -0.15) is 0 Å². The van der Waals surface area contributed by atoms with Crippen LogP contribution in [0.25, 0.3) is 10.9 Å². The molecule has 8 heteroatoms. The van der Waals surface area contributed by atoms with Crippen LogP contribution in [0.3, 0.4) is 0 Å². The number of piperidine rings is 1. The van der Waals surface area contributed by atoms with E-state index in [2.05, 4.69) is 46.2 Å². The SMILES string of the molecule is C=CCN1C[C@H](C(=O)N(CCCOC(C)=O)C(=O)NCC)C[C@@H]2c3cccc4[nH]cc(c34)C[C@H]21. The van der Waals surface area contributed by atoms with Crippen molar-refractivity contribution < 1.29 is 19.1 Å². The van der Waals surface area contributed by atoms with Gasteiger partial charge < -0.3 is 15.0 Å². The van der Waals surface area contributed by atoms with Crippen LogP contribution in [0.5, 0.6) is 0 Å². The van der Waals surface area contributed by atoms with Crippen LogP contribution in [0, 0.1) is 5.92 Å². The number of nitrogens with one attached hydrogen (secondary N) is 2. The lowest BCUT2D eigenvalue weighted by Crippen LogP contribution is -2.55. The van der Waals surface area contributed by atoms with Crippen LogP contribution in [0.15, 0.2) is 37.1 Å². The third kappa shape index (κ3) is 4.73. The Kier molecular flexibility index (Phi) is 7.36. The van der Waals surface area contributed by atoms with Gasteiger partial charge >= 0.3 is 12.0 Å². The number of esters is 1. The molecule has 0 radical (unpaired) electrons. The number of amides is 3. The molecule has 8 nitrogen and oxygen atoms in total. The highest BCUT2D eigenvalue weighted by atomic mass is 16.5. The molecule has 2 aliphatic rings. The molecule has 1 aliphatic heterocycles. The lowest BCUT2D eigenvalue weighted by atomic mass is 9.72. The van der Waals surface area contributed by atoms with Crippen molar-refractivity contribution in [2.45, 2.75) is 45.1 Å². The van der Waals surface area contributed by atoms with E-state index in [4.69, 9.17) is 4.74 Å². The Morgan fingerprint density at radius 3 is 2.91 bits per heavy atom. The van der Waals surface area contributed by atoms with E-state index in [1.807, 2.05) is 13.0 Å². The first-order valence-corrected chi connectivity index (χ1v) is 12.1. The average Bonchev–Trinajstić information content (AvgIpc) is 3.23. The molecule has 2 N–H and O–H groups in total. The average molecular weight is 467 g/mol. The van der Waals surface area contributed by atoms with Gasteiger partial charge in [0.25, 0.3) is 0 Å². The summed E-state index contributed by atoms with van der Waals surface area (Å²) in [6, 6.07) is 6.23. The summed E-state index contributed by atoms with van der Waals surface area (Å²) in [5, 5.41) is 4.03. The van der Waals surface area contributed by atoms with Crippen LogP contribution in [0.2, 0.25) is 0 Å². The molecule has 1 saturated heterocycles. The third-order valence-electron chi connectivity index (χ3n) is 6.96. The highest BCUT2D eigenvalue weighted by Crippen LogP contribution is 2.45. The first-order chi connectivity index (χ1) is 16.4. The van der Waals surface area contributed by atoms with Crippen molar-refractivity contribution in [3.63, 3.8) is 0 Å². The minimum Gasteiger partial charge on any atom is -0.466 e. The summed E-state index contributed by atoms with van der Waals surface area (Å²) in [6.07, 6.45) is 6.02. The van der Waals surface area contributed by atoms with E-state index < -0.39 is 6.03 Å². The molecule has 1 aromatic carbocycles. The number of rotatable bonds is 8. The van der Waals surface area contributed by atoms with Gasteiger partial charge in [-0.3, -0.25) is 19.4 Å². The molecular formula is C26H34N4O4. The lowest BCUT2D eigenvalue weighted by Gasteiger charge is -2.47. The maximum atomic E-state index is 13.7. The number of H-pyrrole nitrogens is 1. The van der Waals surface area contributed by atoms with Crippen molar-refractivity contribution in [3.05, 3.63) is 48.2 Å². The summed E-state index contributed by atoms with van der Waals surface area (Å²) in [5.41, 5.74) is 3.72. The number of carbonyl (C=O) groups excluding carboxylic acids is 3. The number of ether oxygens (including phenoxy) is 1. The second-order valence-corrected chi connectivity index (χ2v) is 9.16. The number of hydrogen-bond acceptors (Lipinski definition) is 5. The molecule has 34 heavy (non-hydrogen) atoms. The number of hydrogen-bond donors (Lipinski definition) is 2. The standard InChI is InChI=1S/C26H34N4O4/c1-4-10-29-16-19(25(32)30(26(33)27-5-2)11-7-12-34-17(3)31)13-21-20-8-6-9-22-24(20)18(15-28-22)14-23(21)29/h4,6,8-9,15,19,21,23,28H,1,5,7,10-14,16H2,2-3H3,(H,27,33)/t19-,21-,23-/m1/s1. The summed E-state index contributed by atoms with van der Waals surface area (Å²) < 4.78 is 5.00. The normalized spacial score (nSPS) is 21.5. The van der Waals surface area contributed by atoms with E-state index in [1.165, 1.54) is 28.3 Å². The van der Waals surface area contributed by atoms with E-state index >= 15 is 0 Å². The number of carbonyl (C=O) groups is 3. The zero-order valence-corrected chi connectivity index (χ0v) is 20.0. The van der Waals surface area contributed by atoms with Gasteiger partial charge in [-0.25, -0.2) is 4.79 Å². The molecular weight excluding hydrogens is 432 g/mol. The quantitative estimate of drug-likeness (QED) is 0.354. The minimum absolute atomic E-state index is 0.173. The van der Waals surface area contributed by atoms with Crippen molar-refractivity contribution in [1.82, 2.24) is 20.1 Å². The molecule has 0 spiro atoms. The Bertz CT molecular complexity index is 1080. The van der Waals surface area contributed by atoms with E-state index in [0.29, 0.717) is 32.5 Å². The van der Waals surface area contributed by atoms with Crippen LogP contribution in [0.1, 0.15) is 43.7 Å².